The number of nitrogens with zero attached hydrogens (tertiary/aromatic N) is 1. The lowest BCUT2D eigenvalue weighted by atomic mass is 10.3. The number of anilines is 1. The molecule has 0 unspecified atom stereocenters. The van der Waals surface area contributed by atoms with Crippen LogP contribution in [0.1, 0.15) is 5.69 Å². The molecule has 0 aliphatic carbocycles. The monoisotopic (exact) mass is 210 g/mol. The molecule has 3 nitrogen and oxygen atoms in total. The molecule has 1 heterocycles. The molecule has 0 atom stereocenters. The Morgan fingerprint density at radius 2 is 2.00 bits per heavy atom. The summed E-state index contributed by atoms with van der Waals surface area (Å²) in [7, 11) is 0. The maximum absolute atomic E-state index is 12.6. The van der Waals surface area contributed by atoms with Gasteiger partial charge in [-0.3, -0.25) is 0 Å². The highest BCUT2D eigenvalue weighted by molar-refractivity contribution is 5.55. The fourth-order valence-corrected chi connectivity index (χ4v) is 0.826. The first-order valence-electron chi connectivity index (χ1n) is 3.48. The summed E-state index contributed by atoms with van der Waals surface area (Å²) in [4.78, 5) is 3.22. The van der Waals surface area contributed by atoms with Crippen molar-refractivity contribution in [3.05, 3.63) is 17.7 Å². The van der Waals surface area contributed by atoms with Gasteiger partial charge in [-0.25, -0.2) is 4.98 Å². The minimum absolute atomic E-state index is 0.0516. The van der Waals surface area contributed by atoms with Crippen LogP contribution in [0.5, 0.6) is 5.75 Å². The molecule has 0 spiro atoms. The van der Waals surface area contributed by atoms with Gasteiger partial charge in [0.2, 0.25) is 5.95 Å². The van der Waals surface area contributed by atoms with Crippen molar-refractivity contribution in [2.45, 2.75) is 13.3 Å². The second-order valence-corrected chi connectivity index (χ2v) is 2.49. The quantitative estimate of drug-likeness (QED) is 0.569. The molecular weight excluding hydrogens is 204 g/mol. The summed E-state index contributed by atoms with van der Waals surface area (Å²) in [6.45, 7) is 1.28. The van der Waals surface area contributed by atoms with Crippen molar-refractivity contribution in [1.82, 2.24) is 4.98 Å². The maximum Gasteiger partial charge on any atom is 0.573 e. The highest BCUT2D eigenvalue weighted by Crippen LogP contribution is 2.29. The van der Waals surface area contributed by atoms with E-state index in [0.717, 1.165) is 0 Å². The Bertz CT molecular complexity index is 350. The average molecular weight is 210 g/mol. The molecule has 1 aromatic rings. The largest absolute Gasteiger partial charge is 0.573 e. The van der Waals surface area contributed by atoms with Crippen molar-refractivity contribution in [2.24, 2.45) is 0 Å². The van der Waals surface area contributed by atoms with Crippen LogP contribution < -0.4 is 10.5 Å². The lowest BCUT2D eigenvalue weighted by Gasteiger charge is -2.11. The van der Waals surface area contributed by atoms with E-state index in [0.29, 0.717) is 6.07 Å². The van der Waals surface area contributed by atoms with E-state index in [1.54, 1.807) is 0 Å². The molecule has 0 saturated carbocycles. The normalized spacial score (nSPS) is 11.5. The van der Waals surface area contributed by atoms with Gasteiger partial charge in [0.15, 0.2) is 5.75 Å². The lowest BCUT2D eigenvalue weighted by Crippen LogP contribution is -2.18. The molecule has 0 amide bonds. The summed E-state index contributed by atoms with van der Waals surface area (Å²) >= 11 is 0. The molecule has 0 aliphatic heterocycles. The number of hydrogen-bond donors (Lipinski definition) is 1. The zero-order valence-electron chi connectivity index (χ0n) is 7.02. The Hall–Kier alpha value is -1.53. The zero-order chi connectivity index (χ0) is 10.9. The molecule has 0 bridgehead atoms. The Kier molecular flexibility index (Phi) is 2.50. The predicted octanol–water partition coefficient (Wildman–Crippen LogP) is 2.01. The third-order valence-corrected chi connectivity index (χ3v) is 1.41. The molecule has 0 radical (unpaired) electrons. The van der Waals surface area contributed by atoms with Gasteiger partial charge in [0.05, 0.1) is 11.4 Å². The highest BCUT2D eigenvalue weighted by atomic mass is 19.4. The maximum atomic E-state index is 12.6. The number of halogens is 4. The van der Waals surface area contributed by atoms with Gasteiger partial charge in [-0.2, -0.15) is 4.39 Å². The highest BCUT2D eigenvalue weighted by Gasteiger charge is 2.32. The van der Waals surface area contributed by atoms with Gasteiger partial charge >= 0.3 is 6.36 Å². The third-order valence-electron chi connectivity index (χ3n) is 1.41. The molecular formula is C7H6F4N2O. The number of hydrogen-bond acceptors (Lipinski definition) is 3. The molecule has 14 heavy (non-hydrogen) atoms. The average Bonchev–Trinajstić information content (AvgIpc) is 1.96. The van der Waals surface area contributed by atoms with E-state index in [4.69, 9.17) is 5.73 Å². The van der Waals surface area contributed by atoms with Gasteiger partial charge in [0.25, 0.3) is 0 Å². The van der Waals surface area contributed by atoms with Gasteiger partial charge in [-0.1, -0.05) is 0 Å². The van der Waals surface area contributed by atoms with Gasteiger partial charge in [0, 0.05) is 6.07 Å². The van der Waals surface area contributed by atoms with E-state index >= 15 is 0 Å². The number of aryl methyl sites for hydroxylation is 1. The van der Waals surface area contributed by atoms with Crippen LogP contribution in [0.3, 0.4) is 0 Å². The standard InChI is InChI=1S/C7H6F4N2O/c1-3-6(12)4(2-5(8)13-3)14-7(9,10)11/h2H,12H2,1H3. The molecule has 1 aromatic heterocycles. The number of pyridine rings is 1. The summed E-state index contributed by atoms with van der Waals surface area (Å²) < 4.78 is 51.4. The van der Waals surface area contributed by atoms with Crippen LogP contribution in [0.25, 0.3) is 0 Å². The van der Waals surface area contributed by atoms with Crippen molar-refractivity contribution in [3.63, 3.8) is 0 Å². The molecule has 0 aromatic carbocycles. The van der Waals surface area contributed by atoms with E-state index in [9.17, 15) is 17.6 Å². The van der Waals surface area contributed by atoms with E-state index in [2.05, 4.69) is 9.72 Å². The van der Waals surface area contributed by atoms with Gasteiger partial charge in [-0.15, -0.1) is 13.2 Å². The number of nitrogen functional groups attached to an aromatic ring is 1. The smallest absolute Gasteiger partial charge is 0.403 e. The first-order chi connectivity index (χ1) is 6.29. The van der Waals surface area contributed by atoms with E-state index < -0.39 is 18.1 Å². The van der Waals surface area contributed by atoms with Crippen LogP contribution >= 0.6 is 0 Å². The molecule has 7 heteroatoms. The van der Waals surface area contributed by atoms with Crippen LogP contribution in [0.15, 0.2) is 6.07 Å². The summed E-state index contributed by atoms with van der Waals surface area (Å²) in [5.74, 6) is -1.85. The fourth-order valence-electron chi connectivity index (χ4n) is 0.826. The Labute approximate surface area is 76.5 Å². The number of alkyl halides is 3. The summed E-state index contributed by atoms with van der Waals surface area (Å²) in [5.41, 5.74) is 4.82. The van der Waals surface area contributed by atoms with Crippen LogP contribution in [-0.2, 0) is 0 Å². The summed E-state index contributed by atoms with van der Waals surface area (Å²) in [6.07, 6.45) is -4.89. The minimum Gasteiger partial charge on any atom is -0.403 e. The van der Waals surface area contributed by atoms with Crippen molar-refractivity contribution < 1.29 is 22.3 Å². The number of rotatable bonds is 1. The minimum atomic E-state index is -4.89. The number of ether oxygens (including phenoxy) is 1. The van der Waals surface area contributed by atoms with E-state index in [1.165, 1.54) is 6.92 Å². The third kappa shape index (κ3) is 2.48. The zero-order valence-corrected chi connectivity index (χ0v) is 7.02. The van der Waals surface area contributed by atoms with Crippen LogP contribution in [0.4, 0.5) is 23.2 Å². The SMILES string of the molecule is Cc1nc(F)cc(OC(F)(F)F)c1N. The second kappa shape index (κ2) is 3.32. The van der Waals surface area contributed by atoms with Gasteiger partial charge in [-0.05, 0) is 6.92 Å². The molecule has 1 rings (SSSR count). The van der Waals surface area contributed by atoms with Crippen molar-refractivity contribution >= 4 is 5.69 Å². The molecule has 0 fully saturated rings. The Morgan fingerprint density at radius 1 is 1.43 bits per heavy atom. The fraction of sp³-hybridized carbons (Fsp3) is 0.286. The number of aromatic nitrogens is 1. The van der Waals surface area contributed by atoms with E-state index in [-0.39, 0.29) is 11.4 Å². The number of nitrogens with two attached hydrogens (primary N) is 1. The van der Waals surface area contributed by atoms with Crippen molar-refractivity contribution in [1.29, 1.82) is 0 Å². The predicted molar refractivity (Wildman–Crippen MR) is 40.0 cm³/mol. The lowest BCUT2D eigenvalue weighted by molar-refractivity contribution is -0.274. The van der Waals surface area contributed by atoms with Gasteiger partial charge in [0.1, 0.15) is 0 Å². The Balaban J connectivity index is 3.09. The Morgan fingerprint density at radius 3 is 2.50 bits per heavy atom. The summed E-state index contributed by atoms with van der Waals surface area (Å²) in [5, 5.41) is 0. The second-order valence-electron chi connectivity index (χ2n) is 2.49. The van der Waals surface area contributed by atoms with Gasteiger partial charge < -0.3 is 10.5 Å². The first kappa shape index (κ1) is 10.6. The molecule has 78 valence electrons. The van der Waals surface area contributed by atoms with Crippen molar-refractivity contribution in [2.75, 3.05) is 5.73 Å². The van der Waals surface area contributed by atoms with E-state index in [1.807, 2.05) is 0 Å². The van der Waals surface area contributed by atoms with Crippen molar-refractivity contribution in [3.8, 4) is 5.75 Å². The topological polar surface area (TPSA) is 48.1 Å². The molecule has 0 saturated heterocycles. The summed E-state index contributed by atoms with van der Waals surface area (Å²) in [6, 6.07) is 0.482. The van der Waals surface area contributed by atoms with Crippen LogP contribution in [0.2, 0.25) is 0 Å². The van der Waals surface area contributed by atoms with Crippen LogP contribution in [0, 0.1) is 12.9 Å². The molecule has 0 aliphatic rings. The van der Waals surface area contributed by atoms with Crippen LogP contribution in [-0.4, -0.2) is 11.3 Å². The molecule has 2 N–H and O–H groups in total. The first-order valence-corrected chi connectivity index (χ1v) is 3.48.